The van der Waals surface area contributed by atoms with Crippen molar-refractivity contribution in [2.24, 2.45) is 35.3 Å². The molecule has 25 nitrogen and oxygen atoms in total. The van der Waals surface area contributed by atoms with E-state index in [4.69, 9.17) is 24.7 Å². The number of aromatic nitrogens is 1. The Morgan fingerprint density at radius 3 is 1.93 bits per heavy atom. The predicted molar refractivity (Wildman–Crippen MR) is 386 cm³/mol. The molecular weight excluding hydrogens is 1300 g/mol. The number of urea groups is 1. The maximum Gasteiger partial charge on any atom is 0.416 e. The van der Waals surface area contributed by atoms with Crippen LogP contribution in [0.4, 0.5) is 20.1 Å². The lowest BCUT2D eigenvalue weighted by molar-refractivity contribution is -0.148. The molecule has 5 rings (SSSR count). The summed E-state index contributed by atoms with van der Waals surface area (Å²) in [5.41, 5.74) is 7.30. The summed E-state index contributed by atoms with van der Waals surface area (Å²) in [6, 6.07) is 19.8. The summed E-state index contributed by atoms with van der Waals surface area (Å²) in [5, 5.41) is 19.6. The van der Waals surface area contributed by atoms with Crippen molar-refractivity contribution in [1.82, 2.24) is 51.6 Å². The van der Waals surface area contributed by atoms with Crippen molar-refractivity contribution in [2.45, 2.75) is 201 Å². The number of rotatable bonds is 37. The Morgan fingerprint density at radius 1 is 0.730 bits per heavy atom. The molecule has 8 N–H and O–H groups in total. The molecule has 0 aliphatic carbocycles. The molecule has 3 aromatic carbocycles. The van der Waals surface area contributed by atoms with E-state index in [2.05, 4.69) is 36.9 Å². The Morgan fingerprint density at radius 2 is 1.37 bits per heavy atom. The van der Waals surface area contributed by atoms with E-state index in [1.54, 1.807) is 109 Å². The first kappa shape index (κ1) is 82.5. The van der Waals surface area contributed by atoms with E-state index in [9.17, 15) is 43.2 Å². The number of thiazole rings is 1. The smallest absolute Gasteiger partial charge is 0.416 e. The fourth-order valence-corrected chi connectivity index (χ4v) is 13.4. The number of amides is 10. The molecule has 552 valence electrons. The molecule has 0 radical (unpaired) electrons. The normalized spacial score (nSPS) is 16.5. The SMILES string of the molecule is CC[C@H](C)[C@@H]([C@@H](CC(=O)N1CCC[C@H]1[C@H](OC)[C@@H](C)C(=O)N[C@@H](Cc1ccccc1)c1nccs1)OC)N(C)C(=O)[C@@H](NC(=O)[C@H](C(C)C)N(C)CCc1ccc(N(C)C(=O)OC(NC(=O)[C@H](CCCNC(N)=O)NC(=O)[C@@H](NC(=O)OC(C)(C)C)C(C)C)c2ccccc2)cc1)C(C)C. The number of nitrogens with one attached hydrogen (secondary N) is 6. The fourth-order valence-electron chi connectivity index (χ4n) is 12.7. The van der Waals surface area contributed by atoms with Crippen LogP contribution in [-0.2, 0) is 60.6 Å². The van der Waals surface area contributed by atoms with Gasteiger partial charge in [-0.15, -0.1) is 11.3 Å². The number of ether oxygens (including phenoxy) is 4. The van der Waals surface area contributed by atoms with Crippen LogP contribution < -0.4 is 42.5 Å². The van der Waals surface area contributed by atoms with Crippen LogP contribution in [0.3, 0.4) is 0 Å². The van der Waals surface area contributed by atoms with Gasteiger partial charge in [-0.1, -0.05) is 142 Å². The number of primary amides is 1. The summed E-state index contributed by atoms with van der Waals surface area (Å²) in [5.74, 6) is -4.02. The third-order valence-electron chi connectivity index (χ3n) is 18.4. The number of nitrogens with zero attached hydrogens (tertiary/aromatic N) is 5. The topological polar surface area (TPSA) is 315 Å². The highest BCUT2D eigenvalue weighted by Crippen LogP contribution is 2.32. The molecule has 1 aliphatic rings. The van der Waals surface area contributed by atoms with Gasteiger partial charge < -0.3 is 66.4 Å². The van der Waals surface area contributed by atoms with Gasteiger partial charge in [0.25, 0.3) is 0 Å². The second-order valence-corrected chi connectivity index (χ2v) is 29.1. The molecule has 10 amide bonds. The monoisotopic (exact) mass is 1410 g/mol. The average molecular weight is 1410 g/mol. The van der Waals surface area contributed by atoms with Crippen molar-refractivity contribution in [3.8, 4) is 0 Å². The molecular formula is C74H112N12O13S. The number of carbonyl (C=O) groups excluding carboxylic acids is 9. The minimum atomic E-state index is -1.33. The summed E-state index contributed by atoms with van der Waals surface area (Å²) in [6.45, 7) is 23.1. The van der Waals surface area contributed by atoms with Crippen molar-refractivity contribution < 1.29 is 62.1 Å². The molecule has 100 heavy (non-hydrogen) atoms. The minimum Gasteiger partial charge on any atom is -0.444 e. The van der Waals surface area contributed by atoms with Gasteiger partial charge in [-0.05, 0) is 113 Å². The van der Waals surface area contributed by atoms with E-state index < -0.39 is 96.1 Å². The van der Waals surface area contributed by atoms with E-state index >= 15 is 0 Å². The summed E-state index contributed by atoms with van der Waals surface area (Å²) < 4.78 is 23.7. The van der Waals surface area contributed by atoms with Crippen LogP contribution in [0.25, 0.3) is 0 Å². The van der Waals surface area contributed by atoms with Crippen LogP contribution >= 0.6 is 11.3 Å². The first-order chi connectivity index (χ1) is 47.3. The number of hydrogen-bond donors (Lipinski definition) is 7. The first-order valence-corrected chi connectivity index (χ1v) is 35.8. The van der Waals surface area contributed by atoms with Crippen LogP contribution in [0.1, 0.15) is 156 Å². The van der Waals surface area contributed by atoms with Crippen molar-refractivity contribution in [3.63, 3.8) is 0 Å². The van der Waals surface area contributed by atoms with Crippen molar-refractivity contribution in [2.75, 3.05) is 59.9 Å². The second kappa shape index (κ2) is 39.7. The van der Waals surface area contributed by atoms with Gasteiger partial charge in [-0.25, -0.2) is 19.4 Å². The van der Waals surface area contributed by atoms with E-state index in [-0.39, 0.29) is 79.3 Å². The van der Waals surface area contributed by atoms with Crippen molar-refractivity contribution in [3.05, 3.63) is 118 Å². The number of alkyl carbamates (subject to hydrolysis) is 1. The Kier molecular flexibility index (Phi) is 32.7. The molecule has 1 saturated heterocycles. The van der Waals surface area contributed by atoms with E-state index in [0.717, 1.165) is 22.6 Å². The average Bonchev–Trinajstić information content (AvgIpc) is 1.45. The van der Waals surface area contributed by atoms with Gasteiger partial charge in [-0.2, -0.15) is 0 Å². The molecule has 1 aliphatic heterocycles. The maximum absolute atomic E-state index is 15.0. The van der Waals surface area contributed by atoms with Crippen LogP contribution in [-0.4, -0.2) is 182 Å². The third-order valence-corrected chi connectivity index (χ3v) is 19.3. The summed E-state index contributed by atoms with van der Waals surface area (Å²) in [4.78, 5) is 136. The molecule has 0 saturated carbocycles. The zero-order chi connectivity index (χ0) is 74.1. The number of carbonyl (C=O) groups is 9. The highest BCUT2D eigenvalue weighted by atomic mass is 32.1. The van der Waals surface area contributed by atoms with Gasteiger partial charge in [0.2, 0.25) is 41.7 Å². The van der Waals surface area contributed by atoms with Crippen molar-refractivity contribution in [1.29, 1.82) is 0 Å². The van der Waals surface area contributed by atoms with Crippen LogP contribution in [0.2, 0.25) is 0 Å². The maximum atomic E-state index is 15.0. The van der Waals surface area contributed by atoms with Gasteiger partial charge >= 0.3 is 18.2 Å². The van der Waals surface area contributed by atoms with Crippen LogP contribution in [0.5, 0.6) is 0 Å². The lowest BCUT2D eigenvalue weighted by Gasteiger charge is -2.41. The fraction of sp³-hybridized carbons (Fsp3) is 0.595. The van der Waals surface area contributed by atoms with E-state index in [1.165, 1.54) is 23.3 Å². The number of anilines is 1. The zero-order valence-corrected chi connectivity index (χ0v) is 62.5. The largest absolute Gasteiger partial charge is 0.444 e. The number of nitrogens with two attached hydrogens (primary N) is 1. The van der Waals surface area contributed by atoms with Crippen molar-refractivity contribution >= 4 is 70.7 Å². The molecule has 4 aromatic rings. The Balaban J connectivity index is 1.23. The molecule has 0 spiro atoms. The van der Waals surface area contributed by atoms with E-state index in [1.807, 2.05) is 113 Å². The second-order valence-electron chi connectivity index (χ2n) is 28.1. The summed E-state index contributed by atoms with van der Waals surface area (Å²) >= 11 is 1.48. The number of likely N-dealkylation sites (tertiary alicyclic amines) is 1. The summed E-state index contributed by atoms with van der Waals surface area (Å²) in [7, 11) is 8.24. The predicted octanol–water partition coefficient (Wildman–Crippen LogP) is 8.67. The van der Waals surface area contributed by atoms with Gasteiger partial charge in [-0.3, -0.25) is 38.6 Å². The molecule has 1 unspecified atom stereocenters. The zero-order valence-electron chi connectivity index (χ0n) is 61.7. The Labute approximate surface area is 595 Å². The van der Waals surface area contributed by atoms with Gasteiger partial charge in [0.05, 0.1) is 48.7 Å². The molecule has 1 fully saturated rings. The summed E-state index contributed by atoms with van der Waals surface area (Å²) in [6.07, 6.45) is 0.743. The molecule has 1 aromatic heterocycles. The minimum absolute atomic E-state index is 0.0225. The third kappa shape index (κ3) is 24.6. The lowest BCUT2D eigenvalue weighted by Crippen LogP contribution is -2.60. The van der Waals surface area contributed by atoms with E-state index in [0.29, 0.717) is 50.0 Å². The Bertz CT molecular complexity index is 3250. The number of hydrogen-bond acceptors (Lipinski definition) is 16. The number of methoxy groups -OCH3 is 2. The van der Waals surface area contributed by atoms with Gasteiger partial charge in [0, 0.05) is 70.8 Å². The molecule has 0 bridgehead atoms. The van der Waals surface area contributed by atoms with Gasteiger partial charge in [0.1, 0.15) is 28.7 Å². The van der Waals surface area contributed by atoms with Crippen LogP contribution in [0.15, 0.2) is 96.5 Å². The number of likely N-dealkylation sites (N-methyl/N-ethyl adjacent to an activating group) is 2. The number of benzene rings is 3. The molecule has 12 atom stereocenters. The lowest BCUT2D eigenvalue weighted by atomic mass is 9.89. The first-order valence-electron chi connectivity index (χ1n) is 34.9. The quantitative estimate of drug-likeness (QED) is 0.0164. The highest BCUT2D eigenvalue weighted by Gasteiger charge is 2.44. The highest BCUT2D eigenvalue weighted by molar-refractivity contribution is 7.09. The molecule has 26 heteroatoms. The standard InChI is InChI=1S/C74H112N12O13S/c1-18-48(8)62(57(96-16)44-58(87)86-40-26-32-56(86)63(97-17)49(9)64(88)79-55(69-76-39-42-100-69)43-51-27-21-19-22-28-51)85(15)70(92)60(46(4)5)80-67(91)61(47(6)7)83(13)41-37-50-33-35-53(36-34-50)84(14)73(95)98-68(52-29-23-20-24-30-52)82-65(89)54(31-25-38-77-71(75)93)78-66(90)59(45(2)3)81-72(94)99-74(10,11)12/h19-24,27-30,33-36,39,42,45-49,54-57,59-63,68H,18,25-26,31-32,37-38,40-41,43-44H2,1-17H3,(H,78,90)(H,79,88)(H,80,91)(H,81,94)(H,82,89)(H3,75,77,93)/t48-,49+,54-,55-,56-,57+,59-,60-,61-,62-,63+,68?/m0/s1. The molecule has 2 heterocycles. The van der Waals surface area contributed by atoms with Crippen LogP contribution in [0, 0.1) is 29.6 Å². The Hall–Kier alpha value is -8.20. The van der Waals surface area contributed by atoms with Gasteiger partial charge in [0.15, 0.2) is 0 Å².